The van der Waals surface area contributed by atoms with E-state index in [9.17, 15) is 151 Å². The smallest absolute Gasteiger partial charge is 0.304 e. The standard InChI is InChI=1S/C74H116O46S8/c1-27-46(92)68-106-29(19-121-11-3-37(75)76)59(27)113-69-53(99)47(93)61(31(107-69)21-123-13-5-39(79)80)114-67-28(2)45(91)60(30(105-67)20-122-12-4-38(77)78)115-70-54(100)49(95)63(33(108-70)23-125-15-7-41(83)84)117-72-56(102)51(97)65(35(110-72)25-127-17-9-43(87)88)119-74-58(104)52(98)66(36(112-74)26-128-18-10-44(89)90)120-73-57(103)50(96)64(34(111-73)24-126-16-8-42(85)86)118-71-55(101)48(94)62(116-68)32(109-71)22-124-14-6-40(81)82/h27-36,45-74,91-104H,3-26H2,1-2H3,(H,75,76)(H,77,78)(H,79,80)(H,81,82)(H,83,84)(H,85,86)(H,87,88)(H,89,90)/t27-,28-,29-,30-,31-,32-,33-,34-,35-,36-,45-,46-,47-,48-,49-,50-,51-,52-,53-,54-,55-,56-,57-,58-,59+,60-,61-,62-,63-,64-,65-,66-,67?,68?,69?,70?,71?,72?,73?,74?/m0/s1. The maximum atomic E-state index is 12.5. The van der Waals surface area contributed by atoms with Gasteiger partial charge >= 0.3 is 47.8 Å². The molecule has 30 aliphatic rings. The van der Waals surface area contributed by atoms with Crippen LogP contribution in [-0.2, 0) is 114 Å². The van der Waals surface area contributed by atoms with Crippen molar-refractivity contribution in [3.8, 4) is 0 Å². The zero-order chi connectivity index (χ0) is 93.7. The van der Waals surface area contributed by atoms with Crippen LogP contribution in [0.2, 0.25) is 0 Å². The van der Waals surface area contributed by atoms with E-state index < -0.39 is 338 Å². The number of ether oxygens (including phenoxy) is 16. The second kappa shape index (κ2) is 52.8. The zero-order valence-electron chi connectivity index (χ0n) is 69.0. The quantitative estimate of drug-likeness (QED) is 0.0255. The normalized spacial score (nSPS) is 41.5. The fourth-order valence-electron chi connectivity index (χ4n) is 15.1. The first kappa shape index (κ1) is 109. The number of hydrogen-bond acceptors (Lipinski definition) is 46. The SMILES string of the molecule is C[C@@H]1[C@H]2OC3O[C@@H](CSCCC(=O)O)[C@H](OC4O[C@@H](CSCCC(=O)O)[C@H](OC5O[C@@H](CSCCC(=O)O)[C@H](OC6O[C@@H](CSCCC(=O)O)[C@H](OC7O[C@@H](CSCCC(=O)O)[C@H](OC8O[C@@H](CSCCC(=O)O)[C@H](OC9O[C@@H](CSCCC(=O)O)[C@H](OC(O[C@H]2CSCCC(=O)O)[C@H]1O)[C@@H](O)[C@@H]9O)[C@@H](O)[C@@H]8O)[C@@H](O)[C@@H]7O)[C@@H](O)[C@@H]6O)[C@@H](O)[C@@H]5O)[C@@H](O)[C@@H]4C)[C@@H](O)[C@@H]3O. The van der Waals surface area contributed by atoms with Crippen molar-refractivity contribution >= 4 is 142 Å². The van der Waals surface area contributed by atoms with Crippen LogP contribution in [0.1, 0.15) is 65.2 Å². The van der Waals surface area contributed by atoms with Crippen molar-refractivity contribution in [1.82, 2.24) is 0 Å². The summed E-state index contributed by atoms with van der Waals surface area (Å²) >= 11 is 7.57. The van der Waals surface area contributed by atoms with Gasteiger partial charge in [-0.05, 0) is 0 Å². The third-order valence-corrected chi connectivity index (χ3v) is 30.6. The van der Waals surface area contributed by atoms with Gasteiger partial charge in [-0.3, -0.25) is 38.4 Å². The summed E-state index contributed by atoms with van der Waals surface area (Å²) in [5, 5.41) is 249. The average Bonchev–Trinajstić information content (AvgIpc) is 0.771. The Bertz CT molecular complexity index is 2830. The Labute approximate surface area is 766 Å². The lowest BCUT2D eigenvalue weighted by Crippen LogP contribution is -2.68. The first-order chi connectivity index (χ1) is 60.7. The molecule has 0 amide bonds. The van der Waals surface area contributed by atoms with Gasteiger partial charge in [-0.25, -0.2) is 0 Å². The number of hydrogen-bond donors (Lipinski definition) is 22. The molecule has 54 heteroatoms. The lowest BCUT2D eigenvalue weighted by molar-refractivity contribution is -0.394. The fraction of sp³-hybridized carbons (Fsp3) is 0.892. The van der Waals surface area contributed by atoms with Crippen LogP contribution in [0.5, 0.6) is 0 Å². The van der Waals surface area contributed by atoms with Crippen LogP contribution in [0.4, 0.5) is 0 Å². The summed E-state index contributed by atoms with van der Waals surface area (Å²) in [6, 6.07) is 0. The predicted molar refractivity (Wildman–Crippen MR) is 447 cm³/mol. The van der Waals surface area contributed by atoms with Crippen molar-refractivity contribution in [1.29, 1.82) is 0 Å². The van der Waals surface area contributed by atoms with Crippen molar-refractivity contribution in [3.63, 3.8) is 0 Å². The van der Waals surface area contributed by atoms with Crippen LogP contribution in [0.25, 0.3) is 0 Å². The van der Waals surface area contributed by atoms with Crippen LogP contribution < -0.4 is 0 Å². The largest absolute Gasteiger partial charge is 0.481 e. The third-order valence-electron chi connectivity index (χ3n) is 22.1. The topological polar surface area (TPSA) is 729 Å². The molecule has 0 aliphatic carbocycles. The van der Waals surface area contributed by atoms with Gasteiger partial charge in [0.15, 0.2) is 50.3 Å². The minimum absolute atomic E-state index is 0.0569. The van der Waals surface area contributed by atoms with Gasteiger partial charge in [0.05, 0.1) is 112 Å². The molecule has 736 valence electrons. The molecule has 30 saturated heterocycles. The summed E-state index contributed by atoms with van der Waals surface area (Å²) in [4.78, 5) is 94.6. The van der Waals surface area contributed by atoms with E-state index in [1.54, 1.807) is 0 Å². The molecule has 22 N–H and O–H groups in total. The van der Waals surface area contributed by atoms with Gasteiger partial charge < -0.3 is 188 Å². The number of carboxylic acid groups (broad SMARTS) is 8. The van der Waals surface area contributed by atoms with Gasteiger partial charge in [-0.2, -0.15) is 94.1 Å². The van der Waals surface area contributed by atoms with Gasteiger partial charge in [0, 0.05) is 104 Å². The number of rotatable bonds is 40. The Morgan fingerprint density at radius 1 is 0.180 bits per heavy atom. The van der Waals surface area contributed by atoms with Crippen LogP contribution in [0, 0.1) is 11.8 Å². The van der Waals surface area contributed by atoms with Crippen molar-refractivity contribution < 1.29 is 226 Å². The maximum absolute atomic E-state index is 12.5. The number of thioether (sulfide) groups is 8. The van der Waals surface area contributed by atoms with Crippen molar-refractivity contribution in [2.75, 3.05) is 92.0 Å². The van der Waals surface area contributed by atoms with Gasteiger partial charge in [0.1, 0.15) is 122 Å². The molecule has 0 saturated carbocycles. The van der Waals surface area contributed by atoms with E-state index in [4.69, 9.17) is 75.8 Å². The number of aliphatic hydroxyl groups is 14. The summed E-state index contributed by atoms with van der Waals surface area (Å²) in [6.45, 7) is 2.84. The number of aliphatic hydroxyl groups excluding tert-OH is 14. The molecule has 0 spiro atoms. The molecule has 46 nitrogen and oxygen atoms in total. The molecule has 128 heavy (non-hydrogen) atoms. The molecule has 40 atom stereocenters. The van der Waals surface area contributed by atoms with Gasteiger partial charge in [-0.1, -0.05) is 13.8 Å². The monoisotopic (exact) mass is 2000 g/mol. The Balaban J connectivity index is 1.12. The van der Waals surface area contributed by atoms with E-state index in [1.165, 1.54) is 13.8 Å². The summed E-state index contributed by atoms with van der Waals surface area (Å²) in [7, 11) is 0. The molecular weight excluding hydrogens is 1880 g/mol. The molecule has 0 aromatic rings. The number of carbonyl (C=O) groups is 8. The summed E-state index contributed by atoms with van der Waals surface area (Å²) in [5.74, 6) is -15.5. The highest BCUT2D eigenvalue weighted by Gasteiger charge is 2.61. The van der Waals surface area contributed by atoms with Gasteiger partial charge in [-0.15, -0.1) is 0 Å². The molecule has 0 radical (unpaired) electrons. The Kier molecular flexibility index (Phi) is 44.9. The molecule has 16 bridgehead atoms. The van der Waals surface area contributed by atoms with Crippen LogP contribution >= 0.6 is 94.1 Å². The highest BCUT2D eigenvalue weighted by Crippen LogP contribution is 2.44. The van der Waals surface area contributed by atoms with Gasteiger partial charge in [0.2, 0.25) is 0 Å². The highest BCUT2D eigenvalue weighted by molar-refractivity contribution is 8.00. The minimum atomic E-state index is -2.30. The van der Waals surface area contributed by atoms with E-state index in [1.807, 2.05) is 0 Å². The van der Waals surface area contributed by atoms with Crippen molar-refractivity contribution in [2.24, 2.45) is 11.8 Å². The van der Waals surface area contributed by atoms with Crippen LogP contribution in [0.3, 0.4) is 0 Å². The fourth-order valence-corrected chi connectivity index (χ4v) is 23.0. The average molecular weight is 2000 g/mol. The molecule has 30 heterocycles. The van der Waals surface area contributed by atoms with E-state index in [2.05, 4.69) is 0 Å². The Morgan fingerprint density at radius 3 is 0.500 bits per heavy atom. The lowest BCUT2D eigenvalue weighted by atomic mass is 9.90. The van der Waals surface area contributed by atoms with Gasteiger partial charge in [0.25, 0.3) is 0 Å². The van der Waals surface area contributed by atoms with E-state index in [0.717, 1.165) is 94.1 Å². The third kappa shape index (κ3) is 30.7. The first-order valence-electron chi connectivity index (χ1n) is 41.1. The zero-order valence-corrected chi connectivity index (χ0v) is 75.5. The summed E-state index contributed by atoms with van der Waals surface area (Å²) < 4.78 is 102. The van der Waals surface area contributed by atoms with Crippen LogP contribution in [-0.4, -0.2) is 486 Å². The molecule has 30 aliphatic heterocycles. The summed E-state index contributed by atoms with van der Waals surface area (Å²) in [5.41, 5.74) is 0. The molecule has 30 fully saturated rings. The predicted octanol–water partition coefficient (Wildman–Crippen LogP) is -5.13. The van der Waals surface area contributed by atoms with E-state index in [-0.39, 0.29) is 98.5 Å². The maximum Gasteiger partial charge on any atom is 0.304 e. The second-order valence-corrected chi connectivity index (χ2v) is 40.7. The van der Waals surface area contributed by atoms with Crippen molar-refractivity contribution in [2.45, 2.75) is 299 Å². The van der Waals surface area contributed by atoms with E-state index in [0.29, 0.717) is 0 Å². The molecule has 0 aromatic carbocycles. The molecule has 0 aromatic heterocycles. The van der Waals surface area contributed by atoms with Crippen molar-refractivity contribution in [3.05, 3.63) is 0 Å². The lowest BCUT2D eigenvalue weighted by Gasteiger charge is -2.51. The number of aliphatic carboxylic acids is 8. The molecular formula is C74H116O46S8. The van der Waals surface area contributed by atoms with Crippen LogP contribution in [0.15, 0.2) is 0 Å². The van der Waals surface area contributed by atoms with E-state index >= 15 is 0 Å². The molecule has 8 unspecified atom stereocenters. The number of carboxylic acids is 8. The highest BCUT2D eigenvalue weighted by atomic mass is 32.2. The molecule has 30 rings (SSSR count). The second-order valence-electron chi connectivity index (χ2n) is 31.5. The Morgan fingerprint density at radius 2 is 0.320 bits per heavy atom. The first-order valence-corrected chi connectivity index (χ1v) is 50.4. The summed E-state index contributed by atoms with van der Waals surface area (Å²) in [6.07, 6.45) is -75.6. The minimum Gasteiger partial charge on any atom is -0.481 e. The Hall–Kier alpha value is -2.64.